The summed E-state index contributed by atoms with van der Waals surface area (Å²) in [6.07, 6.45) is 3.60. The van der Waals surface area contributed by atoms with Crippen LogP contribution in [0.15, 0.2) is 17.7 Å². The van der Waals surface area contributed by atoms with Crippen molar-refractivity contribution in [3.8, 4) is 0 Å². The van der Waals surface area contributed by atoms with Gasteiger partial charge in [0.1, 0.15) is 0 Å². The van der Waals surface area contributed by atoms with E-state index in [9.17, 15) is 0 Å². The third-order valence-electron chi connectivity index (χ3n) is 3.84. The van der Waals surface area contributed by atoms with Crippen LogP contribution in [0.4, 0.5) is 0 Å². The number of rotatable bonds is 6. The Balaban J connectivity index is 1.87. The molecule has 0 bridgehead atoms. The van der Waals surface area contributed by atoms with Gasteiger partial charge in [-0.15, -0.1) is 11.3 Å². The molecule has 2 heterocycles. The molecular weight excluding hydrogens is 264 g/mol. The van der Waals surface area contributed by atoms with Crippen LogP contribution >= 0.6 is 11.3 Å². The third kappa shape index (κ3) is 4.72. The molecule has 0 unspecified atom stereocenters. The highest BCUT2D eigenvalue weighted by Gasteiger charge is 2.13. The molecule has 0 aliphatic carbocycles. The molecule has 20 heavy (non-hydrogen) atoms. The lowest BCUT2D eigenvalue weighted by atomic mass is 10.1. The molecular formula is C17H28N2S. The van der Waals surface area contributed by atoms with E-state index in [1.165, 1.54) is 28.3 Å². The van der Waals surface area contributed by atoms with Crippen molar-refractivity contribution >= 4 is 11.3 Å². The third-order valence-corrected chi connectivity index (χ3v) is 4.93. The summed E-state index contributed by atoms with van der Waals surface area (Å²) in [5, 5.41) is 3.54. The Morgan fingerprint density at radius 2 is 2.15 bits per heavy atom. The highest BCUT2D eigenvalue weighted by Crippen LogP contribution is 2.24. The van der Waals surface area contributed by atoms with Crippen LogP contribution < -0.4 is 5.32 Å². The largest absolute Gasteiger partial charge is 0.312 e. The molecule has 0 radical (unpaired) electrons. The van der Waals surface area contributed by atoms with E-state index in [0.29, 0.717) is 0 Å². The second-order valence-electron chi connectivity index (χ2n) is 6.35. The number of nitrogens with one attached hydrogen (secondary N) is 1. The molecule has 112 valence electrons. The first-order valence-corrected chi connectivity index (χ1v) is 8.53. The van der Waals surface area contributed by atoms with Crippen LogP contribution in [-0.4, -0.2) is 24.5 Å². The average molecular weight is 292 g/mol. The minimum atomic E-state index is 0.721. The van der Waals surface area contributed by atoms with Gasteiger partial charge < -0.3 is 5.32 Å². The maximum atomic E-state index is 3.54. The molecule has 3 heteroatoms. The molecule has 1 aromatic heterocycles. The fourth-order valence-corrected chi connectivity index (χ4v) is 3.54. The van der Waals surface area contributed by atoms with Gasteiger partial charge in [-0.2, -0.15) is 0 Å². The second-order valence-corrected chi connectivity index (χ2v) is 7.70. The topological polar surface area (TPSA) is 15.3 Å². The zero-order chi connectivity index (χ0) is 14.5. The summed E-state index contributed by atoms with van der Waals surface area (Å²) < 4.78 is 0. The normalized spacial score (nSPS) is 16.8. The van der Waals surface area contributed by atoms with Crippen LogP contribution in [0.25, 0.3) is 0 Å². The van der Waals surface area contributed by atoms with E-state index < -0.39 is 0 Å². The van der Waals surface area contributed by atoms with Gasteiger partial charge in [-0.25, -0.2) is 0 Å². The highest BCUT2D eigenvalue weighted by molar-refractivity contribution is 7.12. The van der Waals surface area contributed by atoms with Crippen LogP contribution in [0.1, 0.15) is 42.5 Å². The number of aryl methyl sites for hydroxylation is 1. The van der Waals surface area contributed by atoms with Gasteiger partial charge in [0.15, 0.2) is 0 Å². The van der Waals surface area contributed by atoms with Crippen molar-refractivity contribution in [3.05, 3.63) is 33.0 Å². The van der Waals surface area contributed by atoms with Crippen molar-refractivity contribution in [2.45, 2.75) is 47.2 Å². The zero-order valence-electron chi connectivity index (χ0n) is 13.3. The minimum absolute atomic E-state index is 0.721. The Morgan fingerprint density at radius 3 is 2.80 bits per heavy atom. The molecule has 1 aliphatic rings. The summed E-state index contributed by atoms with van der Waals surface area (Å²) in [4.78, 5) is 5.51. The van der Waals surface area contributed by atoms with Crippen LogP contribution in [0.2, 0.25) is 0 Å². The minimum Gasteiger partial charge on any atom is -0.312 e. The molecule has 2 rings (SSSR count). The van der Waals surface area contributed by atoms with Gasteiger partial charge in [0.25, 0.3) is 0 Å². The molecule has 1 aromatic rings. The Kier molecular flexibility index (Phi) is 5.82. The first kappa shape index (κ1) is 15.7. The first-order valence-electron chi connectivity index (χ1n) is 7.71. The Bertz CT molecular complexity index is 460. The number of hydrogen-bond donors (Lipinski definition) is 1. The monoisotopic (exact) mass is 292 g/mol. The van der Waals surface area contributed by atoms with E-state index in [1.807, 2.05) is 11.3 Å². The Morgan fingerprint density at radius 1 is 1.35 bits per heavy atom. The molecule has 2 nitrogen and oxygen atoms in total. The number of hydrogen-bond acceptors (Lipinski definition) is 3. The fraction of sp³-hybridized carbons (Fsp3) is 0.647. The molecule has 0 saturated heterocycles. The van der Waals surface area contributed by atoms with Crippen LogP contribution in [0.3, 0.4) is 0 Å². The SMILES string of the molecule is CC1=CCN(Cc2cc(CNCC(C)C)sc2C)CC1. The van der Waals surface area contributed by atoms with E-state index in [0.717, 1.165) is 32.1 Å². The molecule has 0 fully saturated rings. The maximum absolute atomic E-state index is 3.54. The summed E-state index contributed by atoms with van der Waals surface area (Å²) in [5.41, 5.74) is 3.06. The predicted octanol–water partition coefficient (Wildman–Crippen LogP) is 3.95. The van der Waals surface area contributed by atoms with Crippen molar-refractivity contribution in [2.75, 3.05) is 19.6 Å². The summed E-state index contributed by atoms with van der Waals surface area (Å²) in [6, 6.07) is 2.40. The van der Waals surface area contributed by atoms with Crippen molar-refractivity contribution in [1.29, 1.82) is 0 Å². The average Bonchev–Trinajstić information content (AvgIpc) is 2.72. The lowest BCUT2D eigenvalue weighted by Crippen LogP contribution is -2.27. The molecule has 0 amide bonds. The van der Waals surface area contributed by atoms with Gasteiger partial charge in [-0.05, 0) is 44.4 Å². The summed E-state index contributed by atoms with van der Waals surface area (Å²) in [7, 11) is 0. The van der Waals surface area contributed by atoms with E-state index in [4.69, 9.17) is 0 Å². The van der Waals surface area contributed by atoms with E-state index in [-0.39, 0.29) is 0 Å². The maximum Gasteiger partial charge on any atom is 0.0300 e. The van der Waals surface area contributed by atoms with Gasteiger partial charge in [0.05, 0.1) is 0 Å². The second kappa shape index (κ2) is 7.39. The van der Waals surface area contributed by atoms with E-state index in [2.05, 4.69) is 50.1 Å². The summed E-state index contributed by atoms with van der Waals surface area (Å²) in [6.45, 7) is 14.6. The van der Waals surface area contributed by atoms with Crippen LogP contribution in [0.5, 0.6) is 0 Å². The van der Waals surface area contributed by atoms with Crippen molar-refractivity contribution < 1.29 is 0 Å². The molecule has 0 aromatic carbocycles. The molecule has 1 N–H and O–H groups in total. The standard InChI is InChI=1S/C17H28N2S/c1-13(2)10-18-11-17-9-16(15(4)20-17)12-19-7-5-14(3)6-8-19/h5,9,13,18H,6-8,10-12H2,1-4H3. The predicted molar refractivity (Wildman–Crippen MR) is 89.3 cm³/mol. The van der Waals surface area contributed by atoms with E-state index >= 15 is 0 Å². The smallest absolute Gasteiger partial charge is 0.0300 e. The van der Waals surface area contributed by atoms with Gasteiger partial charge in [-0.1, -0.05) is 25.5 Å². The molecule has 0 atom stereocenters. The Hall–Kier alpha value is -0.640. The quantitative estimate of drug-likeness (QED) is 0.799. The molecule has 1 aliphatic heterocycles. The lowest BCUT2D eigenvalue weighted by Gasteiger charge is -2.25. The highest BCUT2D eigenvalue weighted by atomic mass is 32.1. The molecule has 0 saturated carbocycles. The van der Waals surface area contributed by atoms with Gasteiger partial charge in [0.2, 0.25) is 0 Å². The van der Waals surface area contributed by atoms with E-state index in [1.54, 1.807) is 5.57 Å². The Labute approximate surface area is 127 Å². The number of nitrogens with zero attached hydrogens (tertiary/aromatic N) is 1. The summed E-state index contributed by atoms with van der Waals surface area (Å²) in [5.74, 6) is 0.721. The van der Waals surface area contributed by atoms with Crippen molar-refractivity contribution in [2.24, 2.45) is 5.92 Å². The van der Waals surface area contributed by atoms with Crippen molar-refractivity contribution in [3.63, 3.8) is 0 Å². The van der Waals surface area contributed by atoms with Crippen LogP contribution in [0, 0.1) is 12.8 Å². The van der Waals surface area contributed by atoms with Crippen molar-refractivity contribution in [1.82, 2.24) is 10.2 Å². The van der Waals surface area contributed by atoms with Gasteiger partial charge >= 0.3 is 0 Å². The fourth-order valence-electron chi connectivity index (χ4n) is 2.51. The summed E-state index contributed by atoms with van der Waals surface area (Å²) >= 11 is 1.95. The van der Waals surface area contributed by atoms with Gasteiger partial charge in [0, 0.05) is 35.9 Å². The molecule has 0 spiro atoms. The lowest BCUT2D eigenvalue weighted by molar-refractivity contribution is 0.286. The van der Waals surface area contributed by atoms with Gasteiger partial charge in [-0.3, -0.25) is 4.90 Å². The first-order chi connectivity index (χ1) is 9.54. The number of thiophene rings is 1. The zero-order valence-corrected chi connectivity index (χ0v) is 14.1. The van der Waals surface area contributed by atoms with Crippen LogP contribution in [-0.2, 0) is 13.1 Å².